The van der Waals surface area contributed by atoms with Crippen LogP contribution in [0, 0.1) is 0 Å². The minimum Gasteiger partial charge on any atom is -0.376 e. The van der Waals surface area contributed by atoms with Crippen LogP contribution in [-0.4, -0.2) is 15.5 Å². The second kappa shape index (κ2) is 6.40. The summed E-state index contributed by atoms with van der Waals surface area (Å²) >= 11 is 17.3. The predicted octanol–water partition coefficient (Wildman–Crippen LogP) is 6.09. The van der Waals surface area contributed by atoms with Crippen LogP contribution in [0.1, 0.15) is 32.2 Å². The smallest absolute Gasteiger partial charge is 0.173 e. The van der Waals surface area contributed by atoms with Crippen LogP contribution in [0.15, 0.2) is 41.2 Å². The highest BCUT2D eigenvalue weighted by Gasteiger charge is 2.22. The summed E-state index contributed by atoms with van der Waals surface area (Å²) in [6, 6.07) is 6.27. The Bertz CT molecular complexity index is 848. The summed E-state index contributed by atoms with van der Waals surface area (Å²) in [5.74, 6) is 0.302. The molecule has 124 valence electrons. The summed E-state index contributed by atoms with van der Waals surface area (Å²) in [4.78, 5) is 8.46. The van der Waals surface area contributed by atoms with Crippen molar-refractivity contribution in [3.63, 3.8) is 0 Å². The SMILES string of the molecule is CC1=CC(C)(C)Nc2cc(-c3cnc(C(Cl)=C(Cl)Cl)nc3)ccc21. The Labute approximate surface area is 156 Å². The van der Waals surface area contributed by atoms with E-state index in [1.807, 2.05) is 0 Å². The van der Waals surface area contributed by atoms with E-state index < -0.39 is 0 Å². The maximum Gasteiger partial charge on any atom is 0.173 e. The molecule has 1 aromatic carbocycles. The van der Waals surface area contributed by atoms with E-state index in [0.717, 1.165) is 16.8 Å². The summed E-state index contributed by atoms with van der Waals surface area (Å²) < 4.78 is -0.0492. The first-order valence-electron chi connectivity index (χ1n) is 7.42. The van der Waals surface area contributed by atoms with Gasteiger partial charge in [0.15, 0.2) is 5.82 Å². The van der Waals surface area contributed by atoms with E-state index in [4.69, 9.17) is 34.8 Å². The zero-order valence-corrected chi connectivity index (χ0v) is 15.8. The number of fused-ring (bicyclic) bond motifs is 1. The highest BCUT2D eigenvalue weighted by atomic mass is 35.5. The first-order chi connectivity index (χ1) is 11.3. The summed E-state index contributed by atoms with van der Waals surface area (Å²) in [5.41, 5.74) is 5.41. The predicted molar refractivity (Wildman–Crippen MR) is 103 cm³/mol. The van der Waals surface area contributed by atoms with Crippen LogP contribution in [0.2, 0.25) is 0 Å². The summed E-state index contributed by atoms with van der Waals surface area (Å²) in [7, 11) is 0. The largest absolute Gasteiger partial charge is 0.376 e. The molecule has 0 unspecified atom stereocenters. The third-order valence-electron chi connectivity index (χ3n) is 3.83. The Balaban J connectivity index is 1.98. The molecule has 0 bridgehead atoms. The number of allylic oxidation sites excluding steroid dienone is 1. The number of anilines is 1. The molecule has 1 aliphatic rings. The third kappa shape index (κ3) is 3.44. The standard InChI is InChI=1S/C18H16Cl3N3/c1-10-7-18(2,3)24-14-6-11(4-5-13(10)14)12-8-22-17(23-9-12)15(19)16(20)21/h4-9,24H,1-3H3. The molecule has 1 N–H and O–H groups in total. The van der Waals surface area contributed by atoms with Crippen LogP contribution in [0.25, 0.3) is 21.7 Å². The molecule has 0 amide bonds. The van der Waals surface area contributed by atoms with Crippen LogP contribution < -0.4 is 5.32 Å². The molecular weight excluding hydrogens is 365 g/mol. The van der Waals surface area contributed by atoms with Crippen molar-refractivity contribution in [2.45, 2.75) is 26.3 Å². The van der Waals surface area contributed by atoms with Crippen LogP contribution >= 0.6 is 34.8 Å². The maximum absolute atomic E-state index is 5.96. The number of halogens is 3. The van der Waals surface area contributed by atoms with Gasteiger partial charge < -0.3 is 5.32 Å². The van der Waals surface area contributed by atoms with Crippen LogP contribution in [0.3, 0.4) is 0 Å². The summed E-state index contributed by atoms with van der Waals surface area (Å²) in [5, 5.41) is 3.68. The van der Waals surface area contributed by atoms with Gasteiger partial charge in [0.25, 0.3) is 0 Å². The molecule has 24 heavy (non-hydrogen) atoms. The van der Waals surface area contributed by atoms with Crippen LogP contribution in [0.5, 0.6) is 0 Å². The molecule has 0 fully saturated rings. The Morgan fingerprint density at radius 3 is 2.33 bits per heavy atom. The van der Waals surface area contributed by atoms with E-state index in [9.17, 15) is 0 Å². The van der Waals surface area contributed by atoms with Crippen LogP contribution in [0.4, 0.5) is 5.69 Å². The lowest BCUT2D eigenvalue weighted by atomic mass is 9.90. The molecule has 0 saturated heterocycles. The first-order valence-corrected chi connectivity index (χ1v) is 8.56. The van der Waals surface area contributed by atoms with Gasteiger partial charge in [0.2, 0.25) is 0 Å². The van der Waals surface area contributed by atoms with Gasteiger partial charge in [-0.3, -0.25) is 0 Å². The van der Waals surface area contributed by atoms with E-state index in [-0.39, 0.29) is 15.1 Å². The fourth-order valence-corrected chi connectivity index (χ4v) is 3.11. The number of hydrogen-bond acceptors (Lipinski definition) is 3. The molecule has 0 atom stereocenters. The van der Waals surface area contributed by atoms with Gasteiger partial charge in [-0.25, -0.2) is 9.97 Å². The Morgan fingerprint density at radius 1 is 1.04 bits per heavy atom. The van der Waals surface area contributed by atoms with Gasteiger partial charge >= 0.3 is 0 Å². The van der Waals surface area contributed by atoms with Gasteiger partial charge in [-0.2, -0.15) is 0 Å². The number of rotatable bonds is 2. The van der Waals surface area contributed by atoms with Crippen molar-refractivity contribution in [1.29, 1.82) is 0 Å². The quantitative estimate of drug-likeness (QED) is 0.684. The number of nitrogens with zero attached hydrogens (tertiary/aromatic N) is 2. The molecule has 2 heterocycles. The monoisotopic (exact) mass is 379 g/mol. The molecule has 0 radical (unpaired) electrons. The van der Waals surface area contributed by atoms with Crippen molar-refractivity contribution in [3.8, 4) is 11.1 Å². The van der Waals surface area contributed by atoms with Crippen molar-refractivity contribution < 1.29 is 0 Å². The van der Waals surface area contributed by atoms with E-state index in [2.05, 4.69) is 60.3 Å². The van der Waals surface area contributed by atoms with Crippen molar-refractivity contribution in [1.82, 2.24) is 9.97 Å². The molecule has 6 heteroatoms. The van der Waals surface area contributed by atoms with E-state index in [1.165, 1.54) is 11.1 Å². The summed E-state index contributed by atoms with van der Waals surface area (Å²) in [6.45, 7) is 6.42. The lowest BCUT2D eigenvalue weighted by molar-refractivity contribution is 0.707. The molecule has 1 aromatic heterocycles. The minimum atomic E-state index is -0.0779. The fraction of sp³-hybridized carbons (Fsp3) is 0.222. The van der Waals surface area contributed by atoms with E-state index in [0.29, 0.717) is 5.82 Å². The van der Waals surface area contributed by atoms with Gasteiger partial charge in [-0.1, -0.05) is 53.0 Å². The van der Waals surface area contributed by atoms with E-state index >= 15 is 0 Å². The minimum absolute atomic E-state index is 0.0492. The molecule has 3 nitrogen and oxygen atoms in total. The Morgan fingerprint density at radius 2 is 1.71 bits per heavy atom. The van der Waals surface area contributed by atoms with Crippen molar-refractivity contribution >= 4 is 51.1 Å². The number of nitrogens with one attached hydrogen (secondary N) is 1. The lowest BCUT2D eigenvalue weighted by Crippen LogP contribution is -2.31. The molecule has 3 rings (SSSR count). The molecule has 0 saturated carbocycles. The Hall–Kier alpha value is -1.55. The van der Waals surface area contributed by atoms with Gasteiger partial charge in [0, 0.05) is 29.2 Å². The average molecular weight is 381 g/mol. The molecule has 0 spiro atoms. The molecular formula is C18H16Cl3N3. The third-order valence-corrected chi connectivity index (χ3v) is 4.76. The highest BCUT2D eigenvalue weighted by Crippen LogP contribution is 2.36. The normalized spacial score (nSPS) is 15.2. The second-order valence-electron chi connectivity index (χ2n) is 6.30. The topological polar surface area (TPSA) is 37.8 Å². The average Bonchev–Trinajstić information content (AvgIpc) is 2.52. The number of aromatic nitrogens is 2. The Kier molecular flexibility index (Phi) is 4.60. The number of hydrogen-bond donors (Lipinski definition) is 1. The van der Waals surface area contributed by atoms with Crippen molar-refractivity contribution in [2.75, 3.05) is 5.32 Å². The number of benzene rings is 1. The molecule has 1 aliphatic heterocycles. The van der Waals surface area contributed by atoms with Gasteiger partial charge in [-0.05, 0) is 38.0 Å². The molecule has 0 aliphatic carbocycles. The zero-order chi connectivity index (χ0) is 17.5. The highest BCUT2D eigenvalue weighted by molar-refractivity contribution is 6.66. The molecule has 2 aromatic rings. The zero-order valence-electron chi connectivity index (χ0n) is 13.5. The van der Waals surface area contributed by atoms with Crippen LogP contribution in [-0.2, 0) is 0 Å². The summed E-state index contributed by atoms with van der Waals surface area (Å²) in [6.07, 6.45) is 5.65. The van der Waals surface area contributed by atoms with Gasteiger partial charge in [0.05, 0.1) is 5.54 Å². The maximum atomic E-state index is 5.96. The van der Waals surface area contributed by atoms with Crippen molar-refractivity contribution in [3.05, 3.63) is 52.5 Å². The fourth-order valence-electron chi connectivity index (χ4n) is 2.85. The first kappa shape index (κ1) is 17.3. The lowest BCUT2D eigenvalue weighted by Gasteiger charge is -2.31. The van der Waals surface area contributed by atoms with E-state index in [1.54, 1.807) is 12.4 Å². The van der Waals surface area contributed by atoms with Gasteiger partial charge in [0.1, 0.15) is 9.52 Å². The van der Waals surface area contributed by atoms with Crippen molar-refractivity contribution in [2.24, 2.45) is 0 Å². The second-order valence-corrected chi connectivity index (χ2v) is 7.63. The van der Waals surface area contributed by atoms with Gasteiger partial charge in [-0.15, -0.1) is 0 Å².